The van der Waals surface area contributed by atoms with E-state index < -0.39 is 0 Å². The highest BCUT2D eigenvalue weighted by Crippen LogP contribution is 2.24. The fraction of sp³-hybridized carbons (Fsp3) is 0.647. The van der Waals surface area contributed by atoms with Crippen LogP contribution in [0.4, 0.5) is 0 Å². The number of ether oxygens (including phenoxy) is 1. The van der Waals surface area contributed by atoms with Gasteiger partial charge in [0.25, 0.3) is 5.91 Å². The Hall–Kier alpha value is -1.36. The van der Waals surface area contributed by atoms with E-state index in [1.807, 2.05) is 22.4 Å². The first-order valence-electron chi connectivity index (χ1n) is 8.13. The minimum atomic E-state index is -0.255. The molecule has 2 rings (SSSR count). The normalized spacial score (nSPS) is 16.6. The van der Waals surface area contributed by atoms with Crippen molar-refractivity contribution in [2.24, 2.45) is 0 Å². The van der Waals surface area contributed by atoms with Crippen LogP contribution in [-0.2, 0) is 9.53 Å². The summed E-state index contributed by atoms with van der Waals surface area (Å²) in [5.74, 6) is -0.195. The van der Waals surface area contributed by atoms with Crippen LogP contribution in [0.5, 0.6) is 0 Å². The zero-order valence-corrected chi connectivity index (χ0v) is 14.1. The Kier molecular flexibility index (Phi) is 6.90. The molecule has 122 valence electrons. The summed E-state index contributed by atoms with van der Waals surface area (Å²) in [5, 5.41) is 1.92. The molecule has 0 aromatic carbocycles. The second kappa shape index (κ2) is 8.93. The van der Waals surface area contributed by atoms with E-state index in [2.05, 4.69) is 0 Å². The van der Waals surface area contributed by atoms with Crippen molar-refractivity contribution < 1.29 is 14.3 Å². The largest absolute Gasteiger partial charge is 0.469 e. The highest BCUT2D eigenvalue weighted by Gasteiger charge is 2.26. The first-order chi connectivity index (χ1) is 10.7. The molecule has 0 unspecified atom stereocenters. The summed E-state index contributed by atoms with van der Waals surface area (Å²) in [4.78, 5) is 26.9. The van der Waals surface area contributed by atoms with Gasteiger partial charge in [-0.2, -0.15) is 0 Å². The molecule has 0 saturated heterocycles. The van der Waals surface area contributed by atoms with Gasteiger partial charge in [0.1, 0.15) is 0 Å². The van der Waals surface area contributed by atoms with Crippen LogP contribution in [0.15, 0.2) is 17.5 Å². The summed E-state index contributed by atoms with van der Waals surface area (Å²) < 4.78 is 4.73. The molecule has 1 aliphatic carbocycles. The van der Waals surface area contributed by atoms with E-state index >= 15 is 0 Å². The van der Waals surface area contributed by atoms with Gasteiger partial charge in [0.2, 0.25) is 0 Å². The number of methoxy groups -OCH3 is 1. The van der Waals surface area contributed by atoms with Crippen LogP contribution in [-0.4, -0.2) is 36.5 Å². The van der Waals surface area contributed by atoms with Crippen LogP contribution in [0.3, 0.4) is 0 Å². The third kappa shape index (κ3) is 4.83. The van der Waals surface area contributed by atoms with Crippen LogP contribution >= 0.6 is 11.3 Å². The lowest BCUT2D eigenvalue weighted by Gasteiger charge is -2.32. The highest BCUT2D eigenvalue weighted by atomic mass is 32.1. The number of hydrogen-bond donors (Lipinski definition) is 0. The Morgan fingerprint density at radius 2 is 1.91 bits per heavy atom. The van der Waals surface area contributed by atoms with Gasteiger partial charge < -0.3 is 9.64 Å². The van der Waals surface area contributed by atoms with Crippen LogP contribution in [0.25, 0.3) is 0 Å². The number of carbonyl (C=O) groups excluding carboxylic acids is 2. The number of amides is 1. The van der Waals surface area contributed by atoms with Crippen molar-refractivity contribution in [3.63, 3.8) is 0 Å². The Bertz CT molecular complexity index is 464. The van der Waals surface area contributed by atoms with E-state index in [0.717, 1.165) is 30.6 Å². The summed E-state index contributed by atoms with van der Waals surface area (Å²) >= 11 is 1.47. The van der Waals surface area contributed by atoms with Crippen LogP contribution in [0.1, 0.15) is 61.0 Å². The number of nitrogens with zero attached hydrogens (tertiary/aromatic N) is 1. The monoisotopic (exact) mass is 323 g/mol. The van der Waals surface area contributed by atoms with Crippen molar-refractivity contribution in [3.05, 3.63) is 22.4 Å². The predicted molar refractivity (Wildman–Crippen MR) is 88.1 cm³/mol. The van der Waals surface area contributed by atoms with Crippen molar-refractivity contribution in [1.29, 1.82) is 0 Å². The SMILES string of the molecule is COC(=O)CCN(C(=O)c1cccs1)C1CCCCCCC1. The van der Waals surface area contributed by atoms with Gasteiger partial charge in [-0.15, -0.1) is 11.3 Å². The molecule has 1 aliphatic rings. The van der Waals surface area contributed by atoms with Crippen molar-refractivity contribution in [1.82, 2.24) is 4.90 Å². The Labute approximate surface area is 136 Å². The molecule has 0 radical (unpaired) electrons. The van der Waals surface area contributed by atoms with Gasteiger partial charge in [-0.3, -0.25) is 9.59 Å². The minimum absolute atomic E-state index is 0.0597. The molecule has 4 nitrogen and oxygen atoms in total. The molecule has 0 spiro atoms. The summed E-state index contributed by atoms with van der Waals surface area (Å²) in [6.45, 7) is 0.452. The number of carbonyl (C=O) groups is 2. The fourth-order valence-corrected chi connectivity index (χ4v) is 3.73. The zero-order chi connectivity index (χ0) is 15.8. The Morgan fingerprint density at radius 1 is 1.23 bits per heavy atom. The molecule has 1 heterocycles. The van der Waals surface area contributed by atoms with Gasteiger partial charge >= 0.3 is 5.97 Å². The maximum atomic E-state index is 12.8. The number of rotatable bonds is 5. The van der Waals surface area contributed by atoms with Crippen LogP contribution in [0.2, 0.25) is 0 Å². The lowest BCUT2D eigenvalue weighted by molar-refractivity contribution is -0.140. The van der Waals surface area contributed by atoms with Crippen molar-refractivity contribution in [2.75, 3.05) is 13.7 Å². The Balaban J connectivity index is 2.08. The third-order valence-electron chi connectivity index (χ3n) is 4.29. The lowest BCUT2D eigenvalue weighted by Crippen LogP contribution is -2.41. The smallest absolute Gasteiger partial charge is 0.307 e. The fourth-order valence-electron chi connectivity index (χ4n) is 3.05. The van der Waals surface area contributed by atoms with Crippen molar-refractivity contribution >= 4 is 23.2 Å². The number of thiophene rings is 1. The zero-order valence-electron chi connectivity index (χ0n) is 13.3. The summed E-state index contributed by atoms with van der Waals surface area (Å²) in [7, 11) is 1.39. The molecular weight excluding hydrogens is 298 g/mol. The first kappa shape index (κ1) is 17.0. The van der Waals surface area contributed by atoms with Crippen molar-refractivity contribution in [2.45, 2.75) is 57.4 Å². The van der Waals surface area contributed by atoms with Gasteiger partial charge in [0.05, 0.1) is 18.4 Å². The van der Waals surface area contributed by atoms with Gasteiger partial charge in [-0.05, 0) is 24.3 Å². The molecule has 22 heavy (non-hydrogen) atoms. The maximum Gasteiger partial charge on any atom is 0.307 e. The quantitative estimate of drug-likeness (QED) is 0.773. The molecule has 5 heteroatoms. The van der Waals surface area contributed by atoms with Crippen LogP contribution < -0.4 is 0 Å². The average molecular weight is 323 g/mol. The molecule has 1 fully saturated rings. The maximum absolute atomic E-state index is 12.8. The van der Waals surface area contributed by atoms with E-state index in [0.29, 0.717) is 6.54 Å². The van der Waals surface area contributed by atoms with E-state index in [1.165, 1.54) is 37.7 Å². The van der Waals surface area contributed by atoms with Gasteiger partial charge in [-0.1, -0.05) is 38.2 Å². The molecule has 1 aromatic rings. The highest BCUT2D eigenvalue weighted by molar-refractivity contribution is 7.12. The summed E-state index contributed by atoms with van der Waals surface area (Å²) in [5.41, 5.74) is 0. The summed E-state index contributed by atoms with van der Waals surface area (Å²) in [6.07, 6.45) is 8.46. The number of esters is 1. The van der Waals surface area contributed by atoms with E-state index in [1.54, 1.807) is 0 Å². The minimum Gasteiger partial charge on any atom is -0.469 e. The van der Waals surface area contributed by atoms with E-state index in [-0.39, 0.29) is 24.3 Å². The number of hydrogen-bond acceptors (Lipinski definition) is 4. The molecular formula is C17H25NO3S. The van der Waals surface area contributed by atoms with Gasteiger partial charge in [0, 0.05) is 12.6 Å². The van der Waals surface area contributed by atoms with E-state index in [9.17, 15) is 9.59 Å². The van der Waals surface area contributed by atoms with Gasteiger partial charge in [-0.25, -0.2) is 0 Å². The third-order valence-corrected chi connectivity index (χ3v) is 5.15. The first-order valence-corrected chi connectivity index (χ1v) is 9.01. The van der Waals surface area contributed by atoms with Crippen LogP contribution in [0, 0.1) is 0 Å². The van der Waals surface area contributed by atoms with Crippen molar-refractivity contribution in [3.8, 4) is 0 Å². The molecule has 0 atom stereocenters. The second-order valence-electron chi connectivity index (χ2n) is 5.80. The molecule has 0 bridgehead atoms. The standard InChI is InChI=1S/C17H25NO3S/c1-21-16(19)11-12-18(17(20)15-10-7-13-22-15)14-8-5-3-2-4-6-9-14/h7,10,13-14H,2-6,8-9,11-12H2,1H3. The van der Waals surface area contributed by atoms with Gasteiger partial charge in [0.15, 0.2) is 0 Å². The molecule has 1 aromatic heterocycles. The lowest BCUT2D eigenvalue weighted by atomic mass is 9.95. The summed E-state index contributed by atoms with van der Waals surface area (Å²) in [6, 6.07) is 4.01. The topological polar surface area (TPSA) is 46.6 Å². The molecule has 0 N–H and O–H groups in total. The predicted octanol–water partition coefficient (Wildman–Crippen LogP) is 3.87. The second-order valence-corrected chi connectivity index (χ2v) is 6.75. The molecule has 1 amide bonds. The Morgan fingerprint density at radius 3 is 2.50 bits per heavy atom. The molecule has 0 aliphatic heterocycles. The average Bonchev–Trinajstić information content (AvgIpc) is 3.02. The van der Waals surface area contributed by atoms with E-state index in [4.69, 9.17) is 4.74 Å². The molecule has 1 saturated carbocycles.